The Hall–Kier alpha value is -2.73. The van der Waals surface area contributed by atoms with Crippen LogP contribution in [-0.4, -0.2) is 75.2 Å². The lowest BCUT2D eigenvalue weighted by Gasteiger charge is -2.24. The highest BCUT2D eigenvalue weighted by Gasteiger charge is 2.46. The van der Waals surface area contributed by atoms with Crippen LogP contribution in [0.15, 0.2) is 24.3 Å². The molecule has 0 bridgehead atoms. The number of carbonyl (C=O) groups excluding carboxylic acids is 1. The number of nitrogens with zero attached hydrogens (tertiary/aromatic N) is 6. The third-order valence-corrected chi connectivity index (χ3v) is 8.26. The molecule has 1 aromatic heterocycles. The molecule has 2 aromatic rings. The molecule has 1 aliphatic carbocycles. The smallest absolute Gasteiger partial charge is 0.425 e. The van der Waals surface area contributed by atoms with Crippen LogP contribution in [0.3, 0.4) is 0 Å². The molecule has 0 atom stereocenters. The minimum Gasteiger partial charge on any atom is -0.494 e. The molecule has 1 amide bonds. The Kier molecular flexibility index (Phi) is 7.05. The van der Waals surface area contributed by atoms with E-state index in [-0.39, 0.29) is 12.0 Å². The number of ether oxygens (including phenoxy) is 2. The van der Waals surface area contributed by atoms with E-state index in [0.29, 0.717) is 32.1 Å². The predicted octanol–water partition coefficient (Wildman–Crippen LogP) is 3.10. The molecule has 35 heavy (non-hydrogen) atoms. The summed E-state index contributed by atoms with van der Waals surface area (Å²) in [4.78, 5) is 13.8. The van der Waals surface area contributed by atoms with Crippen LogP contribution in [0.4, 0.5) is 4.79 Å². The van der Waals surface area contributed by atoms with Crippen molar-refractivity contribution >= 4 is 16.3 Å². The lowest BCUT2D eigenvalue weighted by Crippen LogP contribution is -2.40. The fourth-order valence-corrected chi connectivity index (χ4v) is 5.49. The second-order valence-electron chi connectivity index (χ2n) is 10.1. The number of hydrogen-bond acceptors (Lipinski definition) is 8. The second-order valence-corrected chi connectivity index (χ2v) is 12.0. The van der Waals surface area contributed by atoms with Gasteiger partial charge in [0.2, 0.25) is 5.82 Å². The van der Waals surface area contributed by atoms with Crippen molar-refractivity contribution in [2.24, 2.45) is 5.41 Å². The van der Waals surface area contributed by atoms with Crippen molar-refractivity contribution in [2.75, 3.05) is 26.2 Å². The van der Waals surface area contributed by atoms with Crippen LogP contribution in [0.2, 0.25) is 0 Å². The summed E-state index contributed by atoms with van der Waals surface area (Å²) in [5.74, 6) is 1.35. The van der Waals surface area contributed by atoms with E-state index in [9.17, 15) is 13.2 Å². The molecule has 1 saturated heterocycles. The van der Waals surface area contributed by atoms with Crippen molar-refractivity contribution in [2.45, 2.75) is 65.5 Å². The van der Waals surface area contributed by atoms with Crippen LogP contribution in [0.5, 0.6) is 5.75 Å². The zero-order valence-corrected chi connectivity index (χ0v) is 21.6. The van der Waals surface area contributed by atoms with Gasteiger partial charge in [0.1, 0.15) is 11.4 Å². The summed E-state index contributed by atoms with van der Waals surface area (Å²) >= 11 is 0. The van der Waals surface area contributed by atoms with Crippen LogP contribution in [0, 0.1) is 5.41 Å². The Labute approximate surface area is 206 Å². The van der Waals surface area contributed by atoms with Gasteiger partial charge >= 0.3 is 16.3 Å². The predicted molar refractivity (Wildman–Crippen MR) is 129 cm³/mol. The van der Waals surface area contributed by atoms with Gasteiger partial charge in [-0.05, 0) is 88.3 Å². The Balaban J connectivity index is 1.24. The molecule has 2 aliphatic rings. The average molecular weight is 507 g/mol. The summed E-state index contributed by atoms with van der Waals surface area (Å²) in [6, 6.07) is 7.61. The monoisotopic (exact) mass is 506 g/mol. The fourth-order valence-electron chi connectivity index (χ4n) is 4.04. The van der Waals surface area contributed by atoms with Crippen molar-refractivity contribution in [1.82, 2.24) is 28.8 Å². The van der Waals surface area contributed by atoms with E-state index in [0.717, 1.165) is 41.3 Å². The van der Waals surface area contributed by atoms with E-state index in [4.69, 9.17) is 9.47 Å². The van der Waals surface area contributed by atoms with Crippen molar-refractivity contribution in [3.63, 3.8) is 0 Å². The van der Waals surface area contributed by atoms with Crippen LogP contribution >= 0.6 is 0 Å². The summed E-state index contributed by atoms with van der Waals surface area (Å²) in [6.07, 6.45) is 2.89. The molecule has 0 radical (unpaired) electrons. The number of amides is 1. The van der Waals surface area contributed by atoms with Gasteiger partial charge in [-0.1, -0.05) is 0 Å². The summed E-state index contributed by atoms with van der Waals surface area (Å²) in [5.41, 5.74) is 0.227. The van der Waals surface area contributed by atoms with Crippen molar-refractivity contribution in [1.29, 1.82) is 0 Å². The Morgan fingerprint density at radius 3 is 2.43 bits per heavy atom. The molecule has 11 nitrogen and oxygen atoms in total. The van der Waals surface area contributed by atoms with E-state index in [1.54, 1.807) is 20.8 Å². The highest BCUT2D eigenvalue weighted by atomic mass is 32.2. The van der Waals surface area contributed by atoms with Gasteiger partial charge < -0.3 is 9.47 Å². The quantitative estimate of drug-likeness (QED) is 0.509. The summed E-state index contributed by atoms with van der Waals surface area (Å²) in [5, 5.41) is 12.3. The number of hydrogen-bond donors (Lipinski definition) is 0. The van der Waals surface area contributed by atoms with Crippen molar-refractivity contribution in [3.05, 3.63) is 24.3 Å². The maximum Gasteiger partial charge on any atom is 0.425 e. The van der Waals surface area contributed by atoms with Crippen LogP contribution < -0.4 is 4.74 Å². The second kappa shape index (κ2) is 9.73. The molecule has 12 heteroatoms. The van der Waals surface area contributed by atoms with Crippen LogP contribution in [0.25, 0.3) is 11.4 Å². The highest BCUT2D eigenvalue weighted by Crippen LogP contribution is 2.52. The zero-order valence-electron chi connectivity index (χ0n) is 20.8. The maximum absolute atomic E-state index is 12.8. The molecule has 1 saturated carbocycles. The first-order chi connectivity index (χ1) is 16.5. The Morgan fingerprint density at radius 2 is 1.83 bits per heavy atom. The van der Waals surface area contributed by atoms with Gasteiger partial charge in [0, 0.05) is 18.7 Å². The molecule has 1 aromatic carbocycles. The van der Waals surface area contributed by atoms with Crippen LogP contribution in [-0.2, 0) is 21.5 Å². The van der Waals surface area contributed by atoms with Gasteiger partial charge in [-0.15, -0.1) is 10.2 Å². The number of aryl methyl sites for hydroxylation is 1. The van der Waals surface area contributed by atoms with E-state index in [2.05, 4.69) is 15.4 Å². The molecular weight excluding hydrogens is 472 g/mol. The van der Waals surface area contributed by atoms with Crippen LogP contribution in [0.1, 0.15) is 53.4 Å². The van der Waals surface area contributed by atoms with Gasteiger partial charge in [0.25, 0.3) is 0 Å². The van der Waals surface area contributed by atoms with Gasteiger partial charge in [0.15, 0.2) is 0 Å². The first-order valence-electron chi connectivity index (χ1n) is 12.0. The number of aromatic nitrogens is 4. The molecule has 2 fully saturated rings. The molecule has 192 valence electrons. The van der Waals surface area contributed by atoms with Gasteiger partial charge in [-0.25, -0.2) is 4.79 Å². The third-order valence-electron chi connectivity index (χ3n) is 6.35. The van der Waals surface area contributed by atoms with E-state index in [1.165, 1.54) is 9.10 Å². The molecule has 2 heterocycles. The number of tetrazole rings is 1. The maximum atomic E-state index is 12.8. The minimum atomic E-state index is -3.84. The average Bonchev–Trinajstić information content (AvgIpc) is 3.25. The normalized spacial score (nSPS) is 19.0. The van der Waals surface area contributed by atoms with Gasteiger partial charge in [0.05, 0.1) is 19.7 Å². The summed E-state index contributed by atoms with van der Waals surface area (Å²) < 4.78 is 39.1. The third kappa shape index (κ3) is 6.10. The fraction of sp³-hybridized carbons (Fsp3) is 0.652. The number of carbonyl (C=O) groups is 1. The minimum absolute atomic E-state index is 0.0946. The van der Waals surface area contributed by atoms with E-state index < -0.39 is 21.9 Å². The zero-order chi connectivity index (χ0) is 25.3. The molecule has 0 unspecified atom stereocenters. The summed E-state index contributed by atoms with van der Waals surface area (Å²) in [6.45, 7) is 9.13. The van der Waals surface area contributed by atoms with Gasteiger partial charge in [-0.2, -0.15) is 21.8 Å². The highest BCUT2D eigenvalue weighted by molar-refractivity contribution is 7.87. The van der Waals surface area contributed by atoms with Crippen molar-refractivity contribution < 1.29 is 22.7 Å². The molecule has 0 spiro atoms. The first kappa shape index (κ1) is 25.4. The molecule has 1 aliphatic heterocycles. The van der Waals surface area contributed by atoms with E-state index >= 15 is 0 Å². The SMILES string of the molecule is CCn1nnc(-c2ccc(OCCC3(CCN4CCN(C(=O)OC(C)(C)C)S4(=O)=O)CC3)cc2)n1. The van der Waals surface area contributed by atoms with Crippen molar-refractivity contribution in [3.8, 4) is 17.1 Å². The lowest BCUT2D eigenvalue weighted by atomic mass is 9.99. The molecule has 4 rings (SSSR count). The number of rotatable bonds is 9. The van der Waals surface area contributed by atoms with E-state index in [1.807, 2.05) is 31.2 Å². The topological polar surface area (TPSA) is 120 Å². The molecule has 0 N–H and O–H groups in total. The summed E-state index contributed by atoms with van der Waals surface area (Å²) in [7, 11) is -3.84. The molecular formula is C23H34N6O5S. The Bertz CT molecular complexity index is 1140. The Morgan fingerprint density at radius 1 is 1.11 bits per heavy atom. The van der Waals surface area contributed by atoms with Gasteiger partial charge in [-0.3, -0.25) is 0 Å². The standard InChI is InChI=1S/C23H34N6O5S/c1-5-29-25-20(24-26-29)18-6-8-19(9-7-18)33-17-13-23(10-11-23)12-14-27-15-16-28(35(27,31)32)21(30)34-22(2,3)4/h6-9H,5,10-17H2,1-4H3. The first-order valence-corrected chi connectivity index (χ1v) is 13.4. The lowest BCUT2D eigenvalue weighted by molar-refractivity contribution is 0.0405. The largest absolute Gasteiger partial charge is 0.494 e. The number of benzene rings is 1.